The zero-order valence-corrected chi connectivity index (χ0v) is 12.7. The van der Waals surface area contributed by atoms with Gasteiger partial charge in [0.25, 0.3) is 0 Å². The third kappa shape index (κ3) is 2.35. The molecule has 7 heteroatoms. The van der Waals surface area contributed by atoms with E-state index in [0.29, 0.717) is 6.04 Å². The first-order chi connectivity index (χ1) is 10.8. The van der Waals surface area contributed by atoms with Crippen LogP contribution in [-0.4, -0.2) is 50.0 Å². The van der Waals surface area contributed by atoms with E-state index in [0.717, 1.165) is 44.9 Å². The summed E-state index contributed by atoms with van der Waals surface area (Å²) in [5.74, 6) is 0.811. The lowest BCUT2D eigenvalue weighted by Gasteiger charge is -2.23. The number of anilines is 1. The van der Waals surface area contributed by atoms with Crippen LogP contribution in [0.1, 0.15) is 31.4 Å². The number of nitrogens with zero attached hydrogens (tertiary/aromatic N) is 6. The van der Waals surface area contributed by atoms with Crippen molar-refractivity contribution in [1.82, 2.24) is 24.7 Å². The normalized spacial score (nSPS) is 27.9. The van der Waals surface area contributed by atoms with Crippen LogP contribution in [0.4, 0.5) is 5.95 Å². The number of hydrogen-bond acceptors (Lipinski definition) is 6. The van der Waals surface area contributed by atoms with Gasteiger partial charge in [0.2, 0.25) is 5.95 Å². The smallest absolute Gasteiger partial charge is 0.225 e. The topological polar surface area (TPSA) is 69.0 Å². The van der Waals surface area contributed by atoms with E-state index >= 15 is 0 Å². The van der Waals surface area contributed by atoms with Crippen molar-refractivity contribution in [3.8, 4) is 0 Å². The summed E-state index contributed by atoms with van der Waals surface area (Å²) >= 11 is 0. The molecule has 2 saturated heterocycles. The van der Waals surface area contributed by atoms with E-state index in [1.807, 2.05) is 17.0 Å². The predicted molar refractivity (Wildman–Crippen MR) is 80.6 cm³/mol. The fraction of sp³-hybridized carbons (Fsp3) is 0.600. The molecule has 0 unspecified atom stereocenters. The van der Waals surface area contributed by atoms with Gasteiger partial charge in [-0.05, 0) is 18.4 Å². The number of ether oxygens (including phenoxy) is 1. The Hall–Kier alpha value is -2.02. The highest BCUT2D eigenvalue weighted by atomic mass is 16.5. The molecule has 0 radical (unpaired) electrons. The Kier molecular flexibility index (Phi) is 3.29. The third-order valence-corrected chi connectivity index (χ3v) is 4.75. The van der Waals surface area contributed by atoms with E-state index < -0.39 is 0 Å². The first kappa shape index (κ1) is 13.6. The van der Waals surface area contributed by atoms with Gasteiger partial charge in [-0.2, -0.15) is 0 Å². The van der Waals surface area contributed by atoms with Gasteiger partial charge < -0.3 is 14.2 Å². The van der Waals surface area contributed by atoms with Crippen molar-refractivity contribution in [1.29, 1.82) is 0 Å². The van der Waals surface area contributed by atoms with Gasteiger partial charge in [0.1, 0.15) is 12.7 Å². The molecule has 4 heterocycles. The second kappa shape index (κ2) is 5.31. The molecule has 0 N–H and O–H groups in total. The maximum absolute atomic E-state index is 6.16. The van der Waals surface area contributed by atoms with Gasteiger partial charge in [-0.1, -0.05) is 6.92 Å². The molecule has 2 aliphatic heterocycles. The summed E-state index contributed by atoms with van der Waals surface area (Å²) in [7, 11) is 0. The Morgan fingerprint density at radius 1 is 1.27 bits per heavy atom. The fourth-order valence-electron chi connectivity index (χ4n) is 3.40. The molecule has 2 aromatic heterocycles. The molecule has 1 spiro atoms. The Balaban J connectivity index is 1.45. The number of rotatable bonds is 3. The predicted octanol–water partition coefficient (Wildman–Crippen LogP) is 1.24. The largest absolute Gasteiger partial charge is 0.371 e. The van der Waals surface area contributed by atoms with Crippen LogP contribution in [0.15, 0.2) is 25.0 Å². The van der Waals surface area contributed by atoms with E-state index in [-0.39, 0.29) is 5.60 Å². The van der Waals surface area contributed by atoms with Crippen molar-refractivity contribution in [2.75, 3.05) is 24.6 Å². The summed E-state index contributed by atoms with van der Waals surface area (Å²) in [5.41, 5.74) is 1.09. The molecular formula is C15H20N6O. The molecule has 116 valence electrons. The van der Waals surface area contributed by atoms with Crippen LogP contribution < -0.4 is 4.90 Å². The summed E-state index contributed by atoms with van der Waals surface area (Å²) in [6.45, 7) is 4.64. The number of aryl methyl sites for hydroxylation is 1. The summed E-state index contributed by atoms with van der Waals surface area (Å²) in [5, 5.41) is 7.78. The summed E-state index contributed by atoms with van der Waals surface area (Å²) in [6.07, 6.45) is 10.4. The molecule has 0 aromatic carbocycles. The van der Waals surface area contributed by atoms with Crippen molar-refractivity contribution in [2.45, 2.75) is 37.8 Å². The minimum atomic E-state index is -0.0816. The molecule has 2 fully saturated rings. The monoisotopic (exact) mass is 300 g/mol. The molecule has 2 aromatic rings. The lowest BCUT2D eigenvalue weighted by Crippen LogP contribution is -2.33. The molecule has 0 aliphatic carbocycles. The Bertz CT molecular complexity index is 628. The van der Waals surface area contributed by atoms with Crippen LogP contribution in [0.5, 0.6) is 0 Å². The van der Waals surface area contributed by atoms with Crippen molar-refractivity contribution in [3.63, 3.8) is 0 Å². The van der Waals surface area contributed by atoms with E-state index in [2.05, 4.69) is 32.0 Å². The van der Waals surface area contributed by atoms with Crippen LogP contribution in [-0.2, 0) is 11.2 Å². The average Bonchev–Trinajstić information content (AvgIpc) is 3.29. The van der Waals surface area contributed by atoms with Gasteiger partial charge in [0.15, 0.2) is 0 Å². The van der Waals surface area contributed by atoms with Gasteiger partial charge in [0, 0.05) is 25.4 Å². The van der Waals surface area contributed by atoms with Gasteiger partial charge in [-0.25, -0.2) is 9.97 Å². The van der Waals surface area contributed by atoms with E-state index in [4.69, 9.17) is 4.74 Å². The van der Waals surface area contributed by atoms with Gasteiger partial charge >= 0.3 is 0 Å². The Labute approximate surface area is 129 Å². The van der Waals surface area contributed by atoms with Gasteiger partial charge in [-0.15, -0.1) is 10.2 Å². The zero-order valence-electron chi connectivity index (χ0n) is 12.7. The van der Waals surface area contributed by atoms with Gasteiger partial charge in [-0.3, -0.25) is 0 Å². The number of aromatic nitrogens is 5. The summed E-state index contributed by atoms with van der Waals surface area (Å²) in [6, 6.07) is 0.332. The SMILES string of the molecule is CCc1cnc(N2CC[C@]3(C[C@H](n4cnnc4)CO3)C2)nc1. The molecule has 2 atom stereocenters. The fourth-order valence-corrected chi connectivity index (χ4v) is 3.40. The lowest BCUT2D eigenvalue weighted by atomic mass is 9.97. The number of hydrogen-bond donors (Lipinski definition) is 0. The van der Waals surface area contributed by atoms with E-state index in [1.54, 1.807) is 12.7 Å². The van der Waals surface area contributed by atoms with Crippen molar-refractivity contribution < 1.29 is 4.74 Å². The minimum absolute atomic E-state index is 0.0816. The average molecular weight is 300 g/mol. The standard InChI is InChI=1S/C15H20N6O/c1-2-12-6-16-14(17-7-12)20-4-3-15(9-20)5-13(8-22-15)21-10-18-19-11-21/h6-7,10-11,13H,2-5,8-9H2,1H3/t13-,15-/m0/s1. The first-order valence-corrected chi connectivity index (χ1v) is 7.82. The Morgan fingerprint density at radius 3 is 2.77 bits per heavy atom. The molecule has 2 aliphatic rings. The molecule has 22 heavy (non-hydrogen) atoms. The lowest BCUT2D eigenvalue weighted by molar-refractivity contribution is 0.0219. The second-order valence-electron chi connectivity index (χ2n) is 6.18. The van der Waals surface area contributed by atoms with Crippen LogP contribution in [0.25, 0.3) is 0 Å². The van der Waals surface area contributed by atoms with Crippen LogP contribution >= 0.6 is 0 Å². The van der Waals surface area contributed by atoms with Crippen LogP contribution in [0, 0.1) is 0 Å². The van der Waals surface area contributed by atoms with Crippen molar-refractivity contribution in [2.24, 2.45) is 0 Å². The molecule has 0 amide bonds. The molecule has 4 rings (SSSR count). The molecule has 0 bridgehead atoms. The highest BCUT2D eigenvalue weighted by Crippen LogP contribution is 2.40. The quantitative estimate of drug-likeness (QED) is 0.849. The van der Waals surface area contributed by atoms with Crippen molar-refractivity contribution >= 4 is 5.95 Å². The zero-order chi connectivity index (χ0) is 15.0. The maximum Gasteiger partial charge on any atom is 0.225 e. The van der Waals surface area contributed by atoms with Crippen LogP contribution in [0.2, 0.25) is 0 Å². The molecule has 0 saturated carbocycles. The first-order valence-electron chi connectivity index (χ1n) is 7.82. The minimum Gasteiger partial charge on any atom is -0.371 e. The molecular weight excluding hydrogens is 280 g/mol. The van der Waals surface area contributed by atoms with Crippen molar-refractivity contribution in [3.05, 3.63) is 30.6 Å². The van der Waals surface area contributed by atoms with Crippen LogP contribution in [0.3, 0.4) is 0 Å². The molecule has 7 nitrogen and oxygen atoms in total. The summed E-state index contributed by atoms with van der Waals surface area (Å²) in [4.78, 5) is 11.2. The maximum atomic E-state index is 6.16. The highest BCUT2D eigenvalue weighted by Gasteiger charge is 2.46. The van der Waals surface area contributed by atoms with E-state index in [9.17, 15) is 0 Å². The second-order valence-corrected chi connectivity index (χ2v) is 6.18. The summed E-state index contributed by atoms with van der Waals surface area (Å²) < 4.78 is 8.21. The van der Waals surface area contributed by atoms with Gasteiger partial charge in [0.05, 0.1) is 24.8 Å². The highest BCUT2D eigenvalue weighted by molar-refractivity contribution is 5.34. The van der Waals surface area contributed by atoms with E-state index in [1.165, 1.54) is 5.56 Å². The Morgan fingerprint density at radius 2 is 2.05 bits per heavy atom. The third-order valence-electron chi connectivity index (χ3n) is 4.75.